The molecule has 2 rings (SSSR count). The molecule has 0 radical (unpaired) electrons. The van der Waals surface area contributed by atoms with E-state index in [2.05, 4.69) is 10.3 Å². The van der Waals surface area contributed by atoms with Crippen LogP contribution in [0.5, 0.6) is 0 Å². The first kappa shape index (κ1) is 16.1. The number of benzene rings is 1. The molecule has 2 atom stereocenters. The maximum Gasteiger partial charge on any atom is 0.189 e. The Balaban J connectivity index is 0.00000180. The molecule has 1 aromatic rings. The van der Waals surface area contributed by atoms with Crippen molar-refractivity contribution in [2.75, 3.05) is 0 Å². The minimum absolute atomic E-state index is 0. The summed E-state index contributed by atoms with van der Waals surface area (Å²) in [6.45, 7) is 3.90. The summed E-state index contributed by atoms with van der Waals surface area (Å²) in [5.74, 6) is -0.880. The fourth-order valence-corrected chi connectivity index (χ4v) is 2.01. The van der Waals surface area contributed by atoms with E-state index in [1.807, 2.05) is 13.8 Å². The van der Waals surface area contributed by atoms with Gasteiger partial charge in [0.25, 0.3) is 0 Å². The van der Waals surface area contributed by atoms with Gasteiger partial charge in [0.1, 0.15) is 11.6 Å². The second-order valence-electron chi connectivity index (χ2n) is 4.86. The van der Waals surface area contributed by atoms with E-state index in [0.29, 0.717) is 12.4 Å². The van der Waals surface area contributed by atoms with E-state index in [4.69, 9.17) is 5.73 Å². The number of hydrogen-bond acceptors (Lipinski definition) is 1. The van der Waals surface area contributed by atoms with Crippen LogP contribution in [0.1, 0.15) is 31.7 Å². The molecule has 6 heteroatoms. The molecule has 19 heavy (non-hydrogen) atoms. The summed E-state index contributed by atoms with van der Waals surface area (Å²) < 4.78 is 27.1. The Labute approximate surface area is 128 Å². The van der Waals surface area contributed by atoms with Crippen molar-refractivity contribution in [3.8, 4) is 0 Å². The van der Waals surface area contributed by atoms with E-state index in [-0.39, 0.29) is 47.5 Å². The lowest BCUT2D eigenvalue weighted by Crippen LogP contribution is -2.37. The topological polar surface area (TPSA) is 50.4 Å². The predicted molar refractivity (Wildman–Crippen MR) is 82.8 cm³/mol. The Morgan fingerprint density at radius 1 is 1.37 bits per heavy atom. The quantitative estimate of drug-likeness (QED) is 0.481. The minimum atomic E-state index is -0.506. The van der Waals surface area contributed by atoms with Crippen LogP contribution in [-0.4, -0.2) is 18.0 Å². The molecule has 1 aromatic carbocycles. The molecular weight excluding hydrogens is 363 g/mol. The zero-order valence-electron chi connectivity index (χ0n) is 10.9. The Morgan fingerprint density at radius 3 is 2.47 bits per heavy atom. The second-order valence-corrected chi connectivity index (χ2v) is 4.86. The van der Waals surface area contributed by atoms with Crippen LogP contribution < -0.4 is 11.1 Å². The van der Waals surface area contributed by atoms with Gasteiger partial charge in [-0.3, -0.25) is 0 Å². The average molecular weight is 381 g/mol. The molecule has 3 N–H and O–H groups in total. The largest absolute Gasteiger partial charge is 0.370 e. The molecule has 0 heterocycles. The summed E-state index contributed by atoms with van der Waals surface area (Å²) >= 11 is 0. The van der Waals surface area contributed by atoms with Gasteiger partial charge in [-0.2, -0.15) is 0 Å². The maximum absolute atomic E-state index is 13.5. The molecule has 1 aliphatic carbocycles. The van der Waals surface area contributed by atoms with Gasteiger partial charge in [-0.25, -0.2) is 13.8 Å². The number of hydrogen-bond donors (Lipinski definition) is 2. The third-order valence-electron chi connectivity index (χ3n) is 2.87. The van der Waals surface area contributed by atoms with Crippen molar-refractivity contribution in [3.05, 3.63) is 35.4 Å². The summed E-state index contributed by atoms with van der Waals surface area (Å²) in [5.41, 5.74) is 5.81. The fourth-order valence-electron chi connectivity index (χ4n) is 2.01. The smallest absolute Gasteiger partial charge is 0.189 e. The van der Waals surface area contributed by atoms with Crippen LogP contribution in [0.15, 0.2) is 23.2 Å². The first-order chi connectivity index (χ1) is 8.49. The van der Waals surface area contributed by atoms with E-state index in [1.165, 1.54) is 18.2 Å². The van der Waals surface area contributed by atoms with Crippen LogP contribution in [-0.2, 0) is 0 Å². The highest BCUT2D eigenvalue weighted by molar-refractivity contribution is 14.0. The number of rotatable bonds is 3. The van der Waals surface area contributed by atoms with Crippen LogP contribution in [0.2, 0.25) is 0 Å². The Bertz CT molecular complexity index is 457. The molecule has 0 saturated heterocycles. The summed E-state index contributed by atoms with van der Waals surface area (Å²) in [7, 11) is 0. The molecular formula is C13H18F2IN3. The van der Waals surface area contributed by atoms with Gasteiger partial charge in [-0.15, -0.1) is 24.0 Å². The standard InChI is InChI=1S/C13H17F2N3.HI/c1-7(2)17-13(16)18-11-6-8(11)12-9(14)4-3-5-10(12)15;/h3-5,7-8,11H,6H2,1-2H3,(H3,16,17,18);1H. The van der Waals surface area contributed by atoms with Gasteiger partial charge in [0.2, 0.25) is 0 Å². The van der Waals surface area contributed by atoms with Crippen molar-refractivity contribution >= 4 is 29.9 Å². The number of aliphatic imine (C=N–C) groups is 1. The lowest BCUT2D eigenvalue weighted by Gasteiger charge is -2.08. The van der Waals surface area contributed by atoms with Gasteiger partial charge in [0.05, 0.1) is 6.04 Å². The van der Waals surface area contributed by atoms with Gasteiger partial charge < -0.3 is 11.1 Å². The zero-order valence-corrected chi connectivity index (χ0v) is 13.2. The molecule has 0 spiro atoms. The molecule has 106 valence electrons. The van der Waals surface area contributed by atoms with E-state index < -0.39 is 11.6 Å². The van der Waals surface area contributed by atoms with Crippen molar-refractivity contribution in [2.45, 2.75) is 38.3 Å². The Morgan fingerprint density at radius 2 is 1.95 bits per heavy atom. The highest BCUT2D eigenvalue weighted by Crippen LogP contribution is 2.45. The van der Waals surface area contributed by atoms with Gasteiger partial charge in [-0.1, -0.05) is 6.07 Å². The average Bonchev–Trinajstić information content (AvgIpc) is 2.95. The van der Waals surface area contributed by atoms with E-state index in [0.717, 1.165) is 0 Å². The molecule has 1 saturated carbocycles. The lowest BCUT2D eigenvalue weighted by atomic mass is 10.1. The number of nitrogens with two attached hydrogens (primary N) is 1. The maximum atomic E-state index is 13.5. The molecule has 0 aliphatic heterocycles. The predicted octanol–water partition coefficient (Wildman–Crippen LogP) is 2.75. The van der Waals surface area contributed by atoms with Crippen molar-refractivity contribution in [2.24, 2.45) is 10.7 Å². The van der Waals surface area contributed by atoms with E-state index in [9.17, 15) is 8.78 Å². The van der Waals surface area contributed by atoms with Crippen molar-refractivity contribution in [3.63, 3.8) is 0 Å². The number of guanidine groups is 1. The van der Waals surface area contributed by atoms with Crippen molar-refractivity contribution in [1.82, 2.24) is 5.32 Å². The van der Waals surface area contributed by atoms with Crippen LogP contribution in [0.4, 0.5) is 8.78 Å². The second kappa shape index (κ2) is 6.49. The van der Waals surface area contributed by atoms with Gasteiger partial charge in [-0.05, 0) is 32.4 Å². The highest BCUT2D eigenvalue weighted by Gasteiger charge is 2.42. The molecule has 2 unspecified atom stereocenters. The Kier molecular flexibility index (Phi) is 5.51. The number of halogens is 3. The van der Waals surface area contributed by atoms with Gasteiger partial charge in [0, 0.05) is 17.5 Å². The normalized spacial score (nSPS) is 22.1. The molecule has 3 nitrogen and oxygen atoms in total. The first-order valence-corrected chi connectivity index (χ1v) is 6.02. The van der Waals surface area contributed by atoms with E-state index >= 15 is 0 Å². The number of nitrogens with zero attached hydrogens (tertiary/aromatic N) is 1. The van der Waals surface area contributed by atoms with Crippen LogP contribution in [0.3, 0.4) is 0 Å². The molecule has 1 aliphatic rings. The van der Waals surface area contributed by atoms with Crippen molar-refractivity contribution in [1.29, 1.82) is 0 Å². The molecule has 0 amide bonds. The summed E-state index contributed by atoms with van der Waals surface area (Å²) in [4.78, 5) is 4.22. The Hall–Kier alpha value is -0.920. The van der Waals surface area contributed by atoms with Crippen molar-refractivity contribution < 1.29 is 8.78 Å². The van der Waals surface area contributed by atoms with Crippen LogP contribution in [0, 0.1) is 11.6 Å². The monoisotopic (exact) mass is 381 g/mol. The lowest BCUT2D eigenvalue weighted by molar-refractivity contribution is 0.555. The fraction of sp³-hybridized carbons (Fsp3) is 0.462. The SMILES string of the molecule is CC(C)NC(N)=NC1CC1c1c(F)cccc1F.I. The highest BCUT2D eigenvalue weighted by atomic mass is 127. The molecule has 0 bridgehead atoms. The summed E-state index contributed by atoms with van der Waals surface area (Å²) in [6.07, 6.45) is 0.637. The molecule has 0 aromatic heterocycles. The van der Waals surface area contributed by atoms with Gasteiger partial charge >= 0.3 is 0 Å². The first-order valence-electron chi connectivity index (χ1n) is 6.02. The summed E-state index contributed by atoms with van der Waals surface area (Å²) in [6, 6.07) is 3.98. The molecule has 1 fully saturated rings. The van der Waals surface area contributed by atoms with Gasteiger partial charge in [0.15, 0.2) is 5.96 Å². The third-order valence-corrected chi connectivity index (χ3v) is 2.87. The van der Waals surface area contributed by atoms with E-state index in [1.54, 1.807) is 0 Å². The van der Waals surface area contributed by atoms with Crippen LogP contribution in [0.25, 0.3) is 0 Å². The summed E-state index contributed by atoms with van der Waals surface area (Å²) in [5, 5.41) is 2.96. The van der Waals surface area contributed by atoms with Crippen LogP contribution >= 0.6 is 24.0 Å². The zero-order chi connectivity index (χ0) is 13.3. The third kappa shape index (κ3) is 4.02. The minimum Gasteiger partial charge on any atom is -0.370 e. The number of nitrogens with one attached hydrogen (secondary N) is 1.